The Balaban J connectivity index is 1.77. The highest BCUT2D eigenvalue weighted by molar-refractivity contribution is 5.08. The Morgan fingerprint density at radius 3 is 2.40 bits per heavy atom. The molecule has 0 aromatic carbocycles. The summed E-state index contributed by atoms with van der Waals surface area (Å²) in [6, 6.07) is 0.310. The standard InChI is InChI=1S/C15H25NO4/c1-6-7-9-12-13(20-15(4,5)19-12)11(16-9)10-8-17-14(2,3)18-10/h6,9-13,16H,1,7-8H2,2-5H3/t9-,10-,11+,12-,13+/m1/s1. The van der Waals surface area contributed by atoms with Crippen LogP contribution in [0.25, 0.3) is 0 Å². The minimum absolute atomic E-state index is 0.00236. The van der Waals surface area contributed by atoms with E-state index in [1.165, 1.54) is 0 Å². The van der Waals surface area contributed by atoms with E-state index in [0.717, 1.165) is 6.42 Å². The summed E-state index contributed by atoms with van der Waals surface area (Å²) in [4.78, 5) is 0. The number of hydrogen-bond acceptors (Lipinski definition) is 5. The molecule has 3 heterocycles. The van der Waals surface area contributed by atoms with Gasteiger partial charge in [-0.25, -0.2) is 0 Å². The van der Waals surface area contributed by atoms with Crippen molar-refractivity contribution in [3.8, 4) is 0 Å². The van der Waals surface area contributed by atoms with Crippen LogP contribution in [-0.4, -0.2) is 48.6 Å². The average Bonchev–Trinajstić information content (AvgIpc) is 2.92. The van der Waals surface area contributed by atoms with E-state index in [2.05, 4.69) is 11.9 Å². The van der Waals surface area contributed by atoms with Gasteiger partial charge in [-0.15, -0.1) is 6.58 Å². The van der Waals surface area contributed by atoms with Crippen molar-refractivity contribution in [2.75, 3.05) is 6.61 Å². The SMILES string of the molecule is C=CC[C@H]1N[C@@H]([C@H]2COC(C)(C)O2)[C@@H]2OC(C)(C)O[C@@H]21. The highest BCUT2D eigenvalue weighted by atomic mass is 16.8. The lowest BCUT2D eigenvalue weighted by molar-refractivity contribution is -0.167. The molecular weight excluding hydrogens is 258 g/mol. The molecule has 5 heteroatoms. The van der Waals surface area contributed by atoms with Gasteiger partial charge in [0.25, 0.3) is 0 Å². The zero-order valence-corrected chi connectivity index (χ0v) is 12.7. The molecule has 20 heavy (non-hydrogen) atoms. The third kappa shape index (κ3) is 2.53. The molecule has 0 unspecified atom stereocenters. The molecule has 0 saturated carbocycles. The summed E-state index contributed by atoms with van der Waals surface area (Å²) >= 11 is 0. The molecule has 0 bridgehead atoms. The number of fused-ring (bicyclic) bond motifs is 1. The maximum Gasteiger partial charge on any atom is 0.163 e. The summed E-state index contributed by atoms with van der Waals surface area (Å²) in [7, 11) is 0. The van der Waals surface area contributed by atoms with Crippen LogP contribution in [0.1, 0.15) is 34.1 Å². The number of nitrogens with one attached hydrogen (secondary N) is 1. The van der Waals surface area contributed by atoms with Crippen molar-refractivity contribution in [1.82, 2.24) is 5.32 Å². The second kappa shape index (κ2) is 4.78. The van der Waals surface area contributed by atoms with E-state index in [1.54, 1.807) is 0 Å². The first-order valence-corrected chi connectivity index (χ1v) is 7.36. The van der Waals surface area contributed by atoms with Gasteiger partial charge in [0.15, 0.2) is 11.6 Å². The smallest absolute Gasteiger partial charge is 0.163 e. The molecule has 0 spiro atoms. The summed E-state index contributed by atoms with van der Waals surface area (Å²) in [5, 5.41) is 3.59. The minimum Gasteiger partial charge on any atom is -0.348 e. The highest BCUT2D eigenvalue weighted by Gasteiger charge is 2.57. The third-order valence-electron chi connectivity index (χ3n) is 4.17. The Bertz CT molecular complexity index is 395. The van der Waals surface area contributed by atoms with Crippen LogP contribution in [0.4, 0.5) is 0 Å². The minimum atomic E-state index is -0.538. The normalized spacial score (nSPS) is 45.5. The van der Waals surface area contributed by atoms with Gasteiger partial charge >= 0.3 is 0 Å². The molecule has 5 nitrogen and oxygen atoms in total. The fourth-order valence-electron chi connectivity index (χ4n) is 3.44. The highest BCUT2D eigenvalue weighted by Crippen LogP contribution is 2.39. The number of ether oxygens (including phenoxy) is 4. The van der Waals surface area contributed by atoms with Gasteiger partial charge in [-0.1, -0.05) is 6.08 Å². The molecule has 0 aromatic heterocycles. The maximum atomic E-state index is 6.09. The Labute approximate surface area is 120 Å². The maximum absolute atomic E-state index is 6.09. The fraction of sp³-hybridized carbons (Fsp3) is 0.867. The van der Waals surface area contributed by atoms with Crippen molar-refractivity contribution in [2.45, 2.75) is 76.1 Å². The predicted octanol–water partition coefficient (Wildman–Crippen LogP) is 1.57. The number of rotatable bonds is 3. The van der Waals surface area contributed by atoms with E-state index in [1.807, 2.05) is 33.8 Å². The van der Waals surface area contributed by atoms with Gasteiger partial charge in [0.2, 0.25) is 0 Å². The predicted molar refractivity (Wildman–Crippen MR) is 74.3 cm³/mol. The van der Waals surface area contributed by atoms with E-state index in [0.29, 0.717) is 6.61 Å². The van der Waals surface area contributed by atoms with Crippen molar-refractivity contribution >= 4 is 0 Å². The van der Waals surface area contributed by atoms with Crippen molar-refractivity contribution < 1.29 is 18.9 Å². The van der Waals surface area contributed by atoms with Gasteiger partial charge in [0.1, 0.15) is 18.3 Å². The molecule has 0 aromatic rings. The molecule has 1 N–H and O–H groups in total. The molecule has 0 radical (unpaired) electrons. The van der Waals surface area contributed by atoms with Crippen LogP contribution < -0.4 is 5.32 Å². The van der Waals surface area contributed by atoms with E-state index >= 15 is 0 Å². The molecule has 3 aliphatic heterocycles. The van der Waals surface area contributed by atoms with Gasteiger partial charge in [-0.3, -0.25) is 0 Å². The van der Waals surface area contributed by atoms with E-state index in [-0.39, 0.29) is 30.4 Å². The quantitative estimate of drug-likeness (QED) is 0.797. The fourth-order valence-corrected chi connectivity index (χ4v) is 3.44. The van der Waals surface area contributed by atoms with Crippen LogP contribution in [0, 0.1) is 0 Å². The number of hydrogen-bond donors (Lipinski definition) is 1. The van der Waals surface area contributed by atoms with Crippen LogP contribution in [0.3, 0.4) is 0 Å². The van der Waals surface area contributed by atoms with Gasteiger partial charge in [0, 0.05) is 6.04 Å². The molecule has 3 fully saturated rings. The van der Waals surface area contributed by atoms with Crippen LogP contribution in [-0.2, 0) is 18.9 Å². The molecule has 3 rings (SSSR count). The van der Waals surface area contributed by atoms with E-state index < -0.39 is 11.6 Å². The molecule has 0 amide bonds. The lowest BCUT2D eigenvalue weighted by Gasteiger charge is -2.27. The van der Waals surface area contributed by atoms with Crippen LogP contribution in [0.2, 0.25) is 0 Å². The molecule has 5 atom stereocenters. The Morgan fingerprint density at radius 1 is 1.10 bits per heavy atom. The summed E-state index contributed by atoms with van der Waals surface area (Å²) in [6.45, 7) is 12.2. The Kier molecular flexibility index (Phi) is 3.46. The molecule has 114 valence electrons. The van der Waals surface area contributed by atoms with E-state index in [9.17, 15) is 0 Å². The first-order chi connectivity index (χ1) is 9.31. The van der Waals surface area contributed by atoms with Crippen molar-refractivity contribution in [3.63, 3.8) is 0 Å². The third-order valence-corrected chi connectivity index (χ3v) is 4.17. The summed E-state index contributed by atoms with van der Waals surface area (Å²) in [5.74, 6) is -1.06. The van der Waals surface area contributed by atoms with Crippen molar-refractivity contribution in [1.29, 1.82) is 0 Å². The topological polar surface area (TPSA) is 49.0 Å². The van der Waals surface area contributed by atoms with E-state index in [4.69, 9.17) is 18.9 Å². The lowest BCUT2D eigenvalue weighted by Crippen LogP contribution is -2.47. The summed E-state index contributed by atoms with van der Waals surface area (Å²) < 4.78 is 23.8. The lowest BCUT2D eigenvalue weighted by atomic mass is 10.0. The molecule has 3 saturated heterocycles. The van der Waals surface area contributed by atoms with Crippen molar-refractivity contribution in [3.05, 3.63) is 12.7 Å². The van der Waals surface area contributed by atoms with Gasteiger partial charge in [-0.05, 0) is 34.1 Å². The second-order valence-electron chi connectivity index (χ2n) is 6.76. The van der Waals surface area contributed by atoms with Crippen molar-refractivity contribution in [2.24, 2.45) is 0 Å². The van der Waals surface area contributed by atoms with Gasteiger partial charge in [-0.2, -0.15) is 0 Å². The zero-order chi connectivity index (χ0) is 14.5. The largest absolute Gasteiger partial charge is 0.348 e. The zero-order valence-electron chi connectivity index (χ0n) is 12.7. The molecule has 3 aliphatic rings. The summed E-state index contributed by atoms with van der Waals surface area (Å²) in [6.07, 6.45) is 2.80. The molecule has 0 aliphatic carbocycles. The van der Waals surface area contributed by atoms with Gasteiger partial charge < -0.3 is 24.3 Å². The first kappa shape index (κ1) is 14.5. The van der Waals surface area contributed by atoms with Crippen LogP contribution >= 0.6 is 0 Å². The molecular formula is C15H25NO4. The Morgan fingerprint density at radius 2 is 1.80 bits per heavy atom. The Hall–Kier alpha value is -0.460. The first-order valence-electron chi connectivity index (χ1n) is 7.36. The second-order valence-corrected chi connectivity index (χ2v) is 6.76. The summed E-state index contributed by atoms with van der Waals surface area (Å²) in [5.41, 5.74) is 0. The monoisotopic (exact) mass is 283 g/mol. The average molecular weight is 283 g/mol. The van der Waals surface area contributed by atoms with Crippen LogP contribution in [0.15, 0.2) is 12.7 Å². The van der Waals surface area contributed by atoms with Gasteiger partial charge in [0.05, 0.1) is 12.6 Å². The van der Waals surface area contributed by atoms with Crippen LogP contribution in [0.5, 0.6) is 0 Å².